The zero-order chi connectivity index (χ0) is 16.4. The number of rotatable bonds is 5. The molecule has 0 spiro atoms. The number of aromatic nitrogens is 2. The van der Waals surface area contributed by atoms with Crippen LogP contribution in [0.1, 0.15) is 45.0 Å². The molecule has 2 aromatic rings. The molecule has 23 heavy (non-hydrogen) atoms. The van der Waals surface area contributed by atoms with Gasteiger partial charge in [-0.15, -0.1) is 0 Å². The number of hydrogen-bond acceptors (Lipinski definition) is 4. The molecule has 0 radical (unpaired) electrons. The number of amides is 1. The molecule has 1 aromatic carbocycles. The summed E-state index contributed by atoms with van der Waals surface area (Å²) in [7, 11) is 0. The van der Waals surface area contributed by atoms with Crippen LogP contribution in [0, 0.1) is 11.8 Å². The molecule has 1 saturated carbocycles. The summed E-state index contributed by atoms with van der Waals surface area (Å²) in [4.78, 5) is 16.7. The Labute approximate surface area is 144 Å². The van der Waals surface area contributed by atoms with E-state index in [0.29, 0.717) is 11.7 Å². The van der Waals surface area contributed by atoms with Gasteiger partial charge in [0.05, 0.1) is 0 Å². The summed E-state index contributed by atoms with van der Waals surface area (Å²) in [6.45, 7) is 4.07. The second kappa shape index (κ2) is 6.83. The monoisotopic (exact) mass is 377 g/mol. The predicted molar refractivity (Wildman–Crippen MR) is 90.5 cm³/mol. The normalized spacial score (nSPS) is 16.2. The van der Waals surface area contributed by atoms with E-state index >= 15 is 0 Å². The first-order valence-electron chi connectivity index (χ1n) is 7.94. The van der Waals surface area contributed by atoms with Crippen LogP contribution in [0.4, 0.5) is 0 Å². The molecule has 0 saturated heterocycles. The van der Waals surface area contributed by atoms with Gasteiger partial charge in [-0.2, -0.15) is 4.98 Å². The van der Waals surface area contributed by atoms with Crippen molar-refractivity contribution in [3.05, 3.63) is 34.6 Å². The molecule has 1 aromatic heterocycles. The smallest absolute Gasteiger partial charge is 0.249 e. The molecule has 3 rings (SSSR count). The quantitative estimate of drug-likeness (QED) is 0.850. The summed E-state index contributed by atoms with van der Waals surface area (Å²) in [5.41, 5.74) is 0.885. The van der Waals surface area contributed by atoms with Gasteiger partial charge in [0.25, 0.3) is 0 Å². The van der Waals surface area contributed by atoms with Crippen molar-refractivity contribution in [2.24, 2.45) is 11.8 Å². The van der Waals surface area contributed by atoms with E-state index in [1.54, 1.807) is 0 Å². The van der Waals surface area contributed by atoms with Crippen LogP contribution in [0.2, 0.25) is 0 Å². The summed E-state index contributed by atoms with van der Waals surface area (Å²) in [5.74, 6) is 1.42. The van der Waals surface area contributed by atoms with E-state index in [0.717, 1.165) is 29.3 Å². The van der Waals surface area contributed by atoms with Gasteiger partial charge in [0, 0.05) is 16.0 Å². The number of nitrogens with zero attached hydrogens (tertiary/aromatic N) is 2. The van der Waals surface area contributed by atoms with Crippen LogP contribution in [-0.4, -0.2) is 16.0 Å². The molecule has 5 nitrogen and oxygen atoms in total. The lowest BCUT2D eigenvalue weighted by Crippen LogP contribution is -2.38. The Morgan fingerprint density at radius 3 is 2.57 bits per heavy atom. The first-order chi connectivity index (χ1) is 11.0. The first-order valence-corrected chi connectivity index (χ1v) is 8.74. The van der Waals surface area contributed by atoms with Crippen molar-refractivity contribution in [1.29, 1.82) is 0 Å². The molecule has 0 unspecified atom stereocenters. The minimum absolute atomic E-state index is 0.0957. The molecule has 1 aliphatic carbocycles. The maximum absolute atomic E-state index is 12.2. The second-order valence-electron chi connectivity index (χ2n) is 6.32. The van der Waals surface area contributed by atoms with Gasteiger partial charge in [-0.3, -0.25) is 4.79 Å². The Morgan fingerprint density at radius 2 is 2.00 bits per heavy atom. The topological polar surface area (TPSA) is 68.0 Å². The molecular weight excluding hydrogens is 358 g/mol. The Hall–Kier alpha value is -1.69. The number of nitrogens with one attached hydrogen (secondary N) is 1. The van der Waals surface area contributed by atoms with E-state index in [4.69, 9.17) is 4.52 Å². The fourth-order valence-electron chi connectivity index (χ4n) is 2.53. The highest BCUT2D eigenvalue weighted by molar-refractivity contribution is 9.10. The molecule has 1 amide bonds. The van der Waals surface area contributed by atoms with Gasteiger partial charge < -0.3 is 9.84 Å². The number of carbonyl (C=O) groups is 1. The summed E-state index contributed by atoms with van der Waals surface area (Å²) in [6, 6.07) is 7.47. The number of hydrogen-bond donors (Lipinski definition) is 1. The Kier molecular flexibility index (Phi) is 4.80. The highest BCUT2D eigenvalue weighted by atomic mass is 79.9. The minimum atomic E-state index is -0.250. The fourth-order valence-corrected chi connectivity index (χ4v) is 2.80. The van der Waals surface area contributed by atoms with Gasteiger partial charge in [0.2, 0.25) is 17.6 Å². The van der Waals surface area contributed by atoms with Crippen LogP contribution in [0.5, 0.6) is 0 Å². The van der Waals surface area contributed by atoms with Gasteiger partial charge in [0.15, 0.2) is 0 Å². The average Bonchev–Trinajstić information content (AvgIpc) is 2.92. The number of carbonyl (C=O) groups excluding carboxylic acids is 1. The van der Waals surface area contributed by atoms with E-state index in [1.165, 1.54) is 0 Å². The maximum atomic E-state index is 12.2. The maximum Gasteiger partial charge on any atom is 0.249 e. The predicted octanol–water partition coefficient (Wildman–Crippen LogP) is 4.11. The van der Waals surface area contributed by atoms with Gasteiger partial charge in [-0.1, -0.05) is 41.4 Å². The van der Waals surface area contributed by atoms with Gasteiger partial charge in [-0.25, -0.2) is 0 Å². The SMILES string of the molecule is CC(C)[C@H](NC(=O)C1CCC1)c1nc(-c2ccc(Br)cc2)no1. The molecule has 0 bridgehead atoms. The van der Waals surface area contributed by atoms with Gasteiger partial charge >= 0.3 is 0 Å². The van der Waals surface area contributed by atoms with Crippen molar-refractivity contribution in [2.45, 2.75) is 39.2 Å². The molecule has 1 fully saturated rings. The highest BCUT2D eigenvalue weighted by Gasteiger charge is 2.30. The lowest BCUT2D eigenvalue weighted by molar-refractivity contribution is -0.128. The number of benzene rings is 1. The molecule has 6 heteroatoms. The fraction of sp³-hybridized carbons (Fsp3) is 0.471. The Balaban J connectivity index is 1.77. The molecule has 122 valence electrons. The van der Waals surface area contributed by atoms with Crippen molar-refractivity contribution in [3.63, 3.8) is 0 Å². The van der Waals surface area contributed by atoms with Crippen molar-refractivity contribution in [2.75, 3.05) is 0 Å². The van der Waals surface area contributed by atoms with Crippen molar-refractivity contribution in [3.8, 4) is 11.4 Å². The third kappa shape index (κ3) is 3.63. The van der Waals surface area contributed by atoms with E-state index in [-0.39, 0.29) is 23.8 Å². The number of halogens is 1. The molecule has 1 heterocycles. The summed E-state index contributed by atoms with van der Waals surface area (Å²) in [5, 5.41) is 7.12. The summed E-state index contributed by atoms with van der Waals surface area (Å²) < 4.78 is 6.42. The van der Waals surface area contributed by atoms with E-state index in [9.17, 15) is 4.79 Å². The molecule has 0 aliphatic heterocycles. The van der Waals surface area contributed by atoms with E-state index < -0.39 is 0 Å². The first kappa shape index (κ1) is 16.2. The third-order valence-corrected chi connectivity index (χ3v) is 4.78. The van der Waals surface area contributed by atoms with Crippen LogP contribution >= 0.6 is 15.9 Å². The van der Waals surface area contributed by atoms with Crippen LogP contribution in [0.15, 0.2) is 33.3 Å². The minimum Gasteiger partial charge on any atom is -0.344 e. The van der Waals surface area contributed by atoms with Gasteiger partial charge in [0.1, 0.15) is 6.04 Å². The third-order valence-electron chi connectivity index (χ3n) is 4.25. The van der Waals surface area contributed by atoms with Crippen LogP contribution in [0.3, 0.4) is 0 Å². The van der Waals surface area contributed by atoms with Crippen molar-refractivity contribution in [1.82, 2.24) is 15.5 Å². The second-order valence-corrected chi connectivity index (χ2v) is 7.24. The molecule has 1 N–H and O–H groups in total. The van der Waals surface area contributed by atoms with E-state index in [2.05, 4.69) is 31.4 Å². The van der Waals surface area contributed by atoms with Crippen LogP contribution in [-0.2, 0) is 4.79 Å². The summed E-state index contributed by atoms with van der Waals surface area (Å²) in [6.07, 6.45) is 3.09. The van der Waals surface area contributed by atoms with E-state index in [1.807, 2.05) is 38.1 Å². The Bertz CT molecular complexity index is 677. The molecule has 1 atom stereocenters. The highest BCUT2D eigenvalue weighted by Crippen LogP contribution is 2.29. The van der Waals surface area contributed by atoms with Gasteiger partial charge in [-0.05, 0) is 43.0 Å². The van der Waals surface area contributed by atoms with Crippen molar-refractivity contribution >= 4 is 21.8 Å². The molecular formula is C17H20BrN3O2. The van der Waals surface area contributed by atoms with Crippen LogP contribution in [0.25, 0.3) is 11.4 Å². The lowest BCUT2D eigenvalue weighted by Gasteiger charge is -2.27. The average molecular weight is 378 g/mol. The Morgan fingerprint density at radius 1 is 1.30 bits per heavy atom. The van der Waals surface area contributed by atoms with Crippen molar-refractivity contribution < 1.29 is 9.32 Å². The van der Waals surface area contributed by atoms with Crippen LogP contribution < -0.4 is 5.32 Å². The zero-order valence-corrected chi connectivity index (χ0v) is 14.8. The largest absolute Gasteiger partial charge is 0.344 e. The molecule has 1 aliphatic rings. The summed E-state index contributed by atoms with van der Waals surface area (Å²) >= 11 is 3.41. The standard InChI is InChI=1S/C17H20BrN3O2/c1-10(2)14(19-16(22)12-4-3-5-12)17-20-15(21-23-17)11-6-8-13(18)9-7-11/h6-10,12,14H,3-5H2,1-2H3,(H,19,22)/t14-/m0/s1. The lowest BCUT2D eigenvalue weighted by atomic mass is 9.84. The zero-order valence-electron chi connectivity index (χ0n) is 13.3.